The van der Waals surface area contributed by atoms with Crippen LogP contribution in [0, 0.1) is 5.92 Å². The Balaban J connectivity index is 2.24. The van der Waals surface area contributed by atoms with Crippen LogP contribution in [0.4, 0.5) is 0 Å². The zero-order chi connectivity index (χ0) is 12.7. The third-order valence-corrected chi connectivity index (χ3v) is 3.44. The predicted octanol–water partition coefficient (Wildman–Crippen LogP) is 1.42. The highest BCUT2D eigenvalue weighted by atomic mass is 15.2. The van der Waals surface area contributed by atoms with Crippen LogP contribution >= 0.6 is 0 Å². The number of likely N-dealkylation sites (tertiary alicyclic amines) is 1. The fourth-order valence-corrected chi connectivity index (χ4v) is 2.21. The summed E-state index contributed by atoms with van der Waals surface area (Å²) in [6.07, 6.45) is 3.58. The minimum atomic E-state index is 0.416. The first kappa shape index (κ1) is 14.3. The van der Waals surface area contributed by atoms with Crippen molar-refractivity contribution in [2.45, 2.75) is 46.1 Å². The minimum Gasteiger partial charge on any atom is -0.370 e. The van der Waals surface area contributed by atoms with Gasteiger partial charge in [0.15, 0.2) is 5.96 Å². The van der Waals surface area contributed by atoms with E-state index >= 15 is 0 Å². The third kappa shape index (κ3) is 5.39. The number of nitrogens with one attached hydrogen (secondary N) is 1. The molecule has 0 spiro atoms. The van der Waals surface area contributed by atoms with Crippen molar-refractivity contribution in [2.75, 3.05) is 26.2 Å². The number of guanidine groups is 1. The molecule has 17 heavy (non-hydrogen) atoms. The lowest BCUT2D eigenvalue weighted by molar-refractivity contribution is 0.326. The molecule has 0 saturated carbocycles. The zero-order valence-corrected chi connectivity index (χ0v) is 11.6. The Labute approximate surface area is 106 Å². The van der Waals surface area contributed by atoms with Crippen molar-refractivity contribution in [1.82, 2.24) is 10.2 Å². The molecule has 3 N–H and O–H groups in total. The van der Waals surface area contributed by atoms with E-state index in [-0.39, 0.29) is 0 Å². The Morgan fingerprint density at radius 1 is 1.53 bits per heavy atom. The lowest BCUT2D eigenvalue weighted by atomic mass is 10.1. The van der Waals surface area contributed by atoms with Gasteiger partial charge in [-0.25, -0.2) is 0 Å². The van der Waals surface area contributed by atoms with E-state index in [0.717, 1.165) is 13.0 Å². The average Bonchev–Trinajstić information content (AvgIpc) is 2.74. The van der Waals surface area contributed by atoms with Gasteiger partial charge in [-0.3, -0.25) is 4.99 Å². The molecule has 1 heterocycles. The van der Waals surface area contributed by atoms with Gasteiger partial charge in [-0.2, -0.15) is 0 Å². The first-order chi connectivity index (χ1) is 8.15. The van der Waals surface area contributed by atoms with E-state index in [4.69, 9.17) is 5.73 Å². The van der Waals surface area contributed by atoms with Gasteiger partial charge in [0.2, 0.25) is 0 Å². The average molecular weight is 240 g/mol. The normalized spacial score (nSPS) is 23.9. The van der Waals surface area contributed by atoms with Crippen LogP contribution in [-0.4, -0.2) is 43.1 Å². The molecule has 0 aromatic carbocycles. The molecule has 1 rings (SSSR count). The van der Waals surface area contributed by atoms with E-state index in [1.807, 2.05) is 0 Å². The summed E-state index contributed by atoms with van der Waals surface area (Å²) in [6, 6.07) is 0.416. The van der Waals surface area contributed by atoms with Crippen LogP contribution in [0.25, 0.3) is 0 Å². The van der Waals surface area contributed by atoms with E-state index in [1.165, 1.54) is 32.5 Å². The molecule has 0 aromatic heterocycles. The van der Waals surface area contributed by atoms with Crippen molar-refractivity contribution >= 4 is 5.96 Å². The van der Waals surface area contributed by atoms with E-state index in [1.54, 1.807) is 0 Å². The number of rotatable bonds is 6. The van der Waals surface area contributed by atoms with Gasteiger partial charge in [0.25, 0.3) is 0 Å². The first-order valence-corrected chi connectivity index (χ1v) is 6.94. The van der Waals surface area contributed by atoms with Crippen molar-refractivity contribution in [2.24, 2.45) is 16.6 Å². The molecule has 1 aliphatic rings. The van der Waals surface area contributed by atoms with Crippen LogP contribution in [0.15, 0.2) is 4.99 Å². The summed E-state index contributed by atoms with van der Waals surface area (Å²) in [5.41, 5.74) is 5.85. The summed E-state index contributed by atoms with van der Waals surface area (Å²) in [5, 5.41) is 3.20. The van der Waals surface area contributed by atoms with Crippen LogP contribution in [0.5, 0.6) is 0 Å². The largest absolute Gasteiger partial charge is 0.370 e. The van der Waals surface area contributed by atoms with E-state index in [2.05, 4.69) is 36.0 Å². The van der Waals surface area contributed by atoms with Gasteiger partial charge in [-0.15, -0.1) is 0 Å². The fourth-order valence-electron chi connectivity index (χ4n) is 2.21. The second-order valence-electron chi connectivity index (χ2n) is 5.13. The molecule has 0 aliphatic carbocycles. The van der Waals surface area contributed by atoms with Crippen LogP contribution in [0.1, 0.15) is 40.0 Å². The highest BCUT2D eigenvalue weighted by Gasteiger charge is 2.21. The number of nitrogens with two attached hydrogens (primary N) is 1. The van der Waals surface area contributed by atoms with Crippen molar-refractivity contribution < 1.29 is 0 Å². The number of aliphatic imine (C=N–C) groups is 1. The Bertz CT molecular complexity index is 240. The molecule has 4 nitrogen and oxygen atoms in total. The lowest BCUT2D eigenvalue weighted by Crippen LogP contribution is -2.38. The molecule has 2 unspecified atom stereocenters. The summed E-state index contributed by atoms with van der Waals surface area (Å²) in [7, 11) is 0. The molecule has 0 bridgehead atoms. The van der Waals surface area contributed by atoms with E-state index in [9.17, 15) is 0 Å². The smallest absolute Gasteiger partial charge is 0.188 e. The Morgan fingerprint density at radius 2 is 2.29 bits per heavy atom. The minimum absolute atomic E-state index is 0.416. The van der Waals surface area contributed by atoms with Gasteiger partial charge in [-0.05, 0) is 45.2 Å². The first-order valence-electron chi connectivity index (χ1n) is 6.94. The highest BCUT2D eigenvalue weighted by Crippen LogP contribution is 2.16. The van der Waals surface area contributed by atoms with Gasteiger partial charge in [0, 0.05) is 19.1 Å². The van der Waals surface area contributed by atoms with Gasteiger partial charge in [0.05, 0.1) is 0 Å². The lowest BCUT2D eigenvalue weighted by Gasteiger charge is -2.14. The fraction of sp³-hybridized carbons (Fsp3) is 0.923. The summed E-state index contributed by atoms with van der Waals surface area (Å²) in [5.74, 6) is 1.30. The Kier molecular flexibility index (Phi) is 6.34. The second kappa shape index (κ2) is 7.54. The van der Waals surface area contributed by atoms with Crippen LogP contribution in [0.2, 0.25) is 0 Å². The molecular formula is C13H28N4. The van der Waals surface area contributed by atoms with E-state index < -0.39 is 0 Å². The standard InChI is InChI=1S/C13H28N4/c1-4-7-17-8-6-12(10-17)9-15-13(14)16-11(3)5-2/h11-12H,4-10H2,1-3H3,(H3,14,15,16). The molecule has 1 fully saturated rings. The molecule has 4 heteroatoms. The summed E-state index contributed by atoms with van der Waals surface area (Å²) in [4.78, 5) is 6.97. The summed E-state index contributed by atoms with van der Waals surface area (Å²) >= 11 is 0. The van der Waals surface area contributed by atoms with E-state index in [0.29, 0.717) is 17.9 Å². The predicted molar refractivity (Wildman–Crippen MR) is 74.2 cm³/mol. The Morgan fingerprint density at radius 3 is 2.94 bits per heavy atom. The molecule has 0 radical (unpaired) electrons. The molecule has 0 aromatic rings. The van der Waals surface area contributed by atoms with Crippen molar-refractivity contribution in [3.8, 4) is 0 Å². The maximum atomic E-state index is 5.85. The number of hydrogen-bond donors (Lipinski definition) is 2. The van der Waals surface area contributed by atoms with Crippen molar-refractivity contribution in [3.05, 3.63) is 0 Å². The molecule has 100 valence electrons. The van der Waals surface area contributed by atoms with Gasteiger partial charge in [-0.1, -0.05) is 13.8 Å². The SMILES string of the molecule is CCCN1CCC(CN=C(N)NC(C)CC)C1. The van der Waals surface area contributed by atoms with Gasteiger partial charge >= 0.3 is 0 Å². The monoisotopic (exact) mass is 240 g/mol. The summed E-state index contributed by atoms with van der Waals surface area (Å²) in [6.45, 7) is 11.0. The number of nitrogens with zero attached hydrogens (tertiary/aromatic N) is 2. The topological polar surface area (TPSA) is 53.6 Å². The zero-order valence-electron chi connectivity index (χ0n) is 11.6. The van der Waals surface area contributed by atoms with Crippen molar-refractivity contribution in [1.29, 1.82) is 0 Å². The maximum Gasteiger partial charge on any atom is 0.188 e. The molecule has 2 atom stereocenters. The number of hydrogen-bond acceptors (Lipinski definition) is 2. The summed E-state index contributed by atoms with van der Waals surface area (Å²) < 4.78 is 0. The maximum absolute atomic E-state index is 5.85. The Hall–Kier alpha value is -0.770. The van der Waals surface area contributed by atoms with Crippen molar-refractivity contribution in [3.63, 3.8) is 0 Å². The van der Waals surface area contributed by atoms with Crippen LogP contribution in [0.3, 0.4) is 0 Å². The molecular weight excluding hydrogens is 212 g/mol. The molecule has 0 amide bonds. The van der Waals surface area contributed by atoms with Gasteiger partial charge in [0.1, 0.15) is 0 Å². The van der Waals surface area contributed by atoms with Crippen LogP contribution < -0.4 is 11.1 Å². The molecule has 1 aliphatic heterocycles. The van der Waals surface area contributed by atoms with Gasteiger partial charge < -0.3 is 16.0 Å². The highest BCUT2D eigenvalue weighted by molar-refractivity contribution is 5.78. The molecule has 1 saturated heterocycles. The van der Waals surface area contributed by atoms with Crippen LogP contribution in [-0.2, 0) is 0 Å². The second-order valence-corrected chi connectivity index (χ2v) is 5.13. The third-order valence-electron chi connectivity index (χ3n) is 3.44. The quantitative estimate of drug-likeness (QED) is 0.545.